The zero-order chi connectivity index (χ0) is 21.6. The predicted molar refractivity (Wildman–Crippen MR) is 119 cm³/mol. The number of carbonyl (C=O) groups excluding carboxylic acids is 2. The zero-order valence-electron chi connectivity index (χ0n) is 17.0. The molecule has 4 rings (SSSR count). The van der Waals surface area contributed by atoms with E-state index in [-0.39, 0.29) is 6.42 Å². The molecular formula is C25H22N2O4. The van der Waals surface area contributed by atoms with Crippen LogP contribution in [0.4, 0.5) is 5.69 Å². The van der Waals surface area contributed by atoms with Crippen LogP contribution < -0.4 is 10.1 Å². The summed E-state index contributed by atoms with van der Waals surface area (Å²) in [6.07, 6.45) is 0.959. The maximum Gasteiger partial charge on any atom is 0.311 e. The number of ether oxygens (including phenoxy) is 2. The van der Waals surface area contributed by atoms with Gasteiger partial charge in [-0.3, -0.25) is 9.59 Å². The quantitative estimate of drug-likeness (QED) is 0.414. The molecule has 1 unspecified atom stereocenters. The van der Waals surface area contributed by atoms with Gasteiger partial charge < -0.3 is 19.8 Å². The second-order valence-corrected chi connectivity index (χ2v) is 7.10. The normalized spacial score (nSPS) is 11.6. The average Bonchev–Trinajstić information content (AvgIpc) is 3.18. The van der Waals surface area contributed by atoms with Crippen LogP contribution in [0.3, 0.4) is 0 Å². The van der Waals surface area contributed by atoms with Crippen molar-refractivity contribution in [2.45, 2.75) is 19.4 Å². The lowest BCUT2D eigenvalue weighted by atomic mass is 10.1. The Balaban J connectivity index is 1.30. The van der Waals surface area contributed by atoms with Crippen molar-refractivity contribution in [3.8, 4) is 11.5 Å². The summed E-state index contributed by atoms with van der Waals surface area (Å²) in [4.78, 5) is 27.8. The maximum absolute atomic E-state index is 12.4. The van der Waals surface area contributed by atoms with Gasteiger partial charge in [-0.05, 0) is 55.0 Å². The third kappa shape index (κ3) is 5.11. The number of anilines is 1. The van der Waals surface area contributed by atoms with Crippen LogP contribution in [0.5, 0.6) is 11.5 Å². The molecule has 0 saturated heterocycles. The molecule has 1 heterocycles. The summed E-state index contributed by atoms with van der Waals surface area (Å²) in [5.41, 5.74) is 2.38. The van der Waals surface area contributed by atoms with Crippen molar-refractivity contribution in [2.75, 3.05) is 5.32 Å². The minimum Gasteiger partial charge on any atom is -0.457 e. The molecule has 1 atom stereocenters. The lowest BCUT2D eigenvalue weighted by molar-refractivity contribution is -0.152. The van der Waals surface area contributed by atoms with Gasteiger partial charge in [-0.2, -0.15) is 0 Å². The number of para-hydroxylation sites is 2. The Kier molecular flexibility index (Phi) is 5.98. The molecule has 31 heavy (non-hydrogen) atoms. The first-order valence-electron chi connectivity index (χ1n) is 9.97. The summed E-state index contributed by atoms with van der Waals surface area (Å²) in [6.45, 7) is 1.55. The summed E-state index contributed by atoms with van der Waals surface area (Å²) < 4.78 is 11.1. The van der Waals surface area contributed by atoms with E-state index in [1.165, 1.54) is 0 Å². The van der Waals surface area contributed by atoms with Gasteiger partial charge in [0.05, 0.1) is 6.42 Å². The molecule has 156 valence electrons. The van der Waals surface area contributed by atoms with E-state index in [0.717, 1.165) is 22.2 Å². The third-order valence-corrected chi connectivity index (χ3v) is 4.79. The second-order valence-electron chi connectivity index (χ2n) is 7.10. The summed E-state index contributed by atoms with van der Waals surface area (Å²) in [7, 11) is 0. The fraction of sp³-hybridized carbons (Fsp3) is 0.120. The lowest BCUT2D eigenvalue weighted by Crippen LogP contribution is -2.30. The molecule has 1 amide bonds. The van der Waals surface area contributed by atoms with Gasteiger partial charge in [0.15, 0.2) is 6.10 Å². The summed E-state index contributed by atoms with van der Waals surface area (Å²) in [5.74, 6) is 0.528. The molecule has 0 bridgehead atoms. The lowest BCUT2D eigenvalue weighted by Gasteiger charge is -2.14. The fourth-order valence-corrected chi connectivity index (χ4v) is 3.20. The van der Waals surface area contributed by atoms with Crippen molar-refractivity contribution in [1.29, 1.82) is 0 Å². The molecule has 0 radical (unpaired) electrons. The number of amides is 1. The largest absolute Gasteiger partial charge is 0.457 e. The minimum absolute atomic E-state index is 0.0904. The molecule has 0 aliphatic rings. The van der Waals surface area contributed by atoms with E-state index in [2.05, 4.69) is 10.3 Å². The van der Waals surface area contributed by atoms with Crippen molar-refractivity contribution in [1.82, 2.24) is 4.98 Å². The number of benzene rings is 3. The number of carbonyl (C=O) groups is 2. The average molecular weight is 414 g/mol. The summed E-state index contributed by atoms with van der Waals surface area (Å²) >= 11 is 0. The highest BCUT2D eigenvalue weighted by Crippen LogP contribution is 2.23. The standard InChI is InChI=1S/C25H22N2O4/c1-17(30-24(28)15-18-16-26-23-10-6-5-9-22(18)23)25(29)27-19-11-13-21(14-12-19)31-20-7-3-2-4-8-20/h2-14,16-17,26H,15H2,1H3,(H,27,29). The Labute approximate surface area is 179 Å². The Morgan fingerprint density at radius 1 is 0.903 bits per heavy atom. The number of hydrogen-bond donors (Lipinski definition) is 2. The van der Waals surface area contributed by atoms with Gasteiger partial charge in [-0.1, -0.05) is 36.4 Å². The first-order valence-corrected chi connectivity index (χ1v) is 9.97. The molecule has 6 nitrogen and oxygen atoms in total. The molecule has 0 aliphatic heterocycles. The van der Waals surface area contributed by atoms with Crippen LogP contribution in [0.25, 0.3) is 10.9 Å². The van der Waals surface area contributed by atoms with Crippen molar-refractivity contribution in [3.05, 3.63) is 90.6 Å². The number of fused-ring (bicyclic) bond motifs is 1. The Morgan fingerprint density at radius 2 is 1.58 bits per heavy atom. The van der Waals surface area contributed by atoms with Crippen molar-refractivity contribution >= 4 is 28.5 Å². The van der Waals surface area contributed by atoms with E-state index < -0.39 is 18.0 Å². The molecular weight excluding hydrogens is 392 g/mol. The van der Waals surface area contributed by atoms with Crippen molar-refractivity contribution in [3.63, 3.8) is 0 Å². The molecule has 4 aromatic rings. The van der Waals surface area contributed by atoms with Gasteiger partial charge in [-0.15, -0.1) is 0 Å². The van der Waals surface area contributed by atoms with Gasteiger partial charge in [-0.25, -0.2) is 0 Å². The highest BCUT2D eigenvalue weighted by molar-refractivity contribution is 5.95. The number of esters is 1. The number of H-pyrrole nitrogens is 1. The van der Waals surface area contributed by atoms with Gasteiger partial charge in [0.2, 0.25) is 0 Å². The van der Waals surface area contributed by atoms with Crippen LogP contribution in [0.15, 0.2) is 85.1 Å². The minimum atomic E-state index is -0.919. The maximum atomic E-state index is 12.4. The van der Waals surface area contributed by atoms with Crippen molar-refractivity contribution in [2.24, 2.45) is 0 Å². The van der Waals surface area contributed by atoms with E-state index in [9.17, 15) is 9.59 Å². The van der Waals surface area contributed by atoms with E-state index in [4.69, 9.17) is 9.47 Å². The summed E-state index contributed by atoms with van der Waals surface area (Å²) in [5, 5.41) is 3.72. The Bertz CT molecular complexity index is 1180. The van der Waals surface area contributed by atoms with Crippen LogP contribution in [-0.4, -0.2) is 23.0 Å². The number of rotatable bonds is 7. The molecule has 1 aromatic heterocycles. The van der Waals surface area contributed by atoms with E-state index >= 15 is 0 Å². The molecule has 2 N–H and O–H groups in total. The smallest absolute Gasteiger partial charge is 0.311 e. The van der Waals surface area contributed by atoms with E-state index in [1.807, 2.05) is 54.6 Å². The number of aromatic nitrogens is 1. The first-order chi connectivity index (χ1) is 15.1. The van der Waals surface area contributed by atoms with Crippen LogP contribution in [0.1, 0.15) is 12.5 Å². The number of nitrogens with one attached hydrogen (secondary N) is 2. The van der Waals surface area contributed by atoms with E-state index in [0.29, 0.717) is 11.4 Å². The highest BCUT2D eigenvalue weighted by Gasteiger charge is 2.19. The number of aromatic amines is 1. The topological polar surface area (TPSA) is 80.4 Å². The fourth-order valence-electron chi connectivity index (χ4n) is 3.20. The molecule has 6 heteroatoms. The molecule has 0 fully saturated rings. The van der Waals surface area contributed by atoms with Gasteiger partial charge >= 0.3 is 5.97 Å². The summed E-state index contributed by atoms with van der Waals surface area (Å²) in [6, 6.07) is 24.1. The first kappa shape index (κ1) is 20.2. The predicted octanol–water partition coefficient (Wildman–Crippen LogP) is 5.07. The molecule has 3 aromatic carbocycles. The van der Waals surface area contributed by atoms with Crippen LogP contribution in [-0.2, 0) is 20.7 Å². The monoisotopic (exact) mass is 414 g/mol. The molecule has 0 aliphatic carbocycles. The van der Waals surface area contributed by atoms with Gasteiger partial charge in [0, 0.05) is 22.8 Å². The number of hydrogen-bond acceptors (Lipinski definition) is 4. The van der Waals surface area contributed by atoms with Crippen LogP contribution >= 0.6 is 0 Å². The molecule has 0 spiro atoms. The zero-order valence-corrected chi connectivity index (χ0v) is 17.0. The van der Waals surface area contributed by atoms with E-state index in [1.54, 1.807) is 37.4 Å². The third-order valence-electron chi connectivity index (χ3n) is 4.79. The van der Waals surface area contributed by atoms with Crippen LogP contribution in [0.2, 0.25) is 0 Å². The second kappa shape index (κ2) is 9.17. The molecule has 0 saturated carbocycles. The SMILES string of the molecule is CC(OC(=O)Cc1c[nH]c2ccccc12)C(=O)Nc1ccc(Oc2ccccc2)cc1. The van der Waals surface area contributed by atoms with Crippen LogP contribution in [0, 0.1) is 0 Å². The van der Waals surface area contributed by atoms with Gasteiger partial charge in [0.1, 0.15) is 11.5 Å². The highest BCUT2D eigenvalue weighted by atomic mass is 16.5. The Morgan fingerprint density at radius 3 is 2.35 bits per heavy atom. The van der Waals surface area contributed by atoms with Crippen molar-refractivity contribution < 1.29 is 19.1 Å². The van der Waals surface area contributed by atoms with Gasteiger partial charge in [0.25, 0.3) is 5.91 Å². The Hall–Kier alpha value is -4.06.